The number of nitrogens with zero attached hydrogens (tertiary/aromatic N) is 5. The molecular weight excluding hydrogens is 338 g/mol. The van der Waals surface area contributed by atoms with Crippen LogP contribution in [-0.2, 0) is 21.7 Å². The molecule has 0 aromatic carbocycles. The molecule has 2 aliphatic heterocycles. The predicted molar refractivity (Wildman–Crippen MR) is 89.1 cm³/mol. The van der Waals surface area contributed by atoms with E-state index in [9.17, 15) is 9.59 Å². The van der Waals surface area contributed by atoms with Gasteiger partial charge in [0.1, 0.15) is 11.4 Å². The summed E-state index contributed by atoms with van der Waals surface area (Å²) in [5, 5.41) is 3.59. The van der Waals surface area contributed by atoms with Crippen molar-refractivity contribution in [1.82, 2.24) is 24.5 Å². The number of carbonyl (C=O) groups excluding carboxylic acids is 2. The number of amides is 2. The topological polar surface area (TPSA) is 93.7 Å². The molecule has 2 aromatic rings. The molecule has 2 aliphatic rings. The van der Waals surface area contributed by atoms with Gasteiger partial charge in [0, 0.05) is 58.5 Å². The smallest absolute Gasteiger partial charge is 0.292 e. The van der Waals surface area contributed by atoms with Gasteiger partial charge >= 0.3 is 0 Å². The lowest BCUT2D eigenvalue weighted by Crippen LogP contribution is -2.54. The quantitative estimate of drug-likeness (QED) is 0.775. The number of imidazole rings is 1. The minimum atomic E-state index is -0.656. The van der Waals surface area contributed by atoms with Gasteiger partial charge in [-0.2, -0.15) is 0 Å². The Kier molecular flexibility index (Phi) is 4.03. The molecule has 9 heteroatoms. The molecule has 1 saturated heterocycles. The van der Waals surface area contributed by atoms with Crippen LogP contribution < -0.4 is 0 Å². The van der Waals surface area contributed by atoms with Crippen LogP contribution in [0.3, 0.4) is 0 Å². The molecule has 2 aromatic heterocycles. The summed E-state index contributed by atoms with van der Waals surface area (Å²) in [5.41, 5.74) is -0.656. The summed E-state index contributed by atoms with van der Waals surface area (Å²) < 4.78 is 13.2. The molecule has 0 aliphatic carbocycles. The van der Waals surface area contributed by atoms with E-state index in [4.69, 9.17) is 9.26 Å². The third-order valence-corrected chi connectivity index (χ3v) is 5.08. The van der Waals surface area contributed by atoms with Gasteiger partial charge in [-0.1, -0.05) is 5.16 Å². The van der Waals surface area contributed by atoms with E-state index in [1.54, 1.807) is 36.2 Å². The van der Waals surface area contributed by atoms with E-state index in [0.29, 0.717) is 32.5 Å². The Balaban J connectivity index is 1.55. The Morgan fingerprint density at radius 1 is 1.27 bits per heavy atom. The molecule has 4 heterocycles. The number of fused-ring (bicyclic) bond motifs is 2. The van der Waals surface area contributed by atoms with Crippen LogP contribution >= 0.6 is 0 Å². The van der Waals surface area contributed by atoms with Crippen LogP contribution in [0.15, 0.2) is 29.2 Å². The van der Waals surface area contributed by atoms with Crippen LogP contribution in [0.4, 0.5) is 0 Å². The summed E-state index contributed by atoms with van der Waals surface area (Å²) in [4.78, 5) is 32.7. The molecule has 0 unspecified atom stereocenters. The van der Waals surface area contributed by atoms with Gasteiger partial charge in [0.2, 0.25) is 5.76 Å². The number of ether oxygens (including phenoxy) is 1. The van der Waals surface area contributed by atoms with E-state index in [2.05, 4.69) is 10.1 Å². The van der Waals surface area contributed by atoms with Crippen molar-refractivity contribution in [3.63, 3.8) is 0 Å². The summed E-state index contributed by atoms with van der Waals surface area (Å²) >= 11 is 0. The summed E-state index contributed by atoms with van der Waals surface area (Å²) in [5.74, 6) is 0.807. The van der Waals surface area contributed by atoms with Crippen molar-refractivity contribution in [2.75, 3.05) is 27.2 Å². The van der Waals surface area contributed by atoms with Crippen molar-refractivity contribution in [3.8, 4) is 0 Å². The van der Waals surface area contributed by atoms with Gasteiger partial charge in [-0.15, -0.1) is 0 Å². The summed E-state index contributed by atoms with van der Waals surface area (Å²) in [7, 11) is 3.45. The molecule has 1 fully saturated rings. The van der Waals surface area contributed by atoms with E-state index in [1.165, 1.54) is 6.20 Å². The third-order valence-electron chi connectivity index (χ3n) is 5.08. The highest BCUT2D eigenvalue weighted by molar-refractivity contribution is 5.91. The van der Waals surface area contributed by atoms with E-state index < -0.39 is 11.7 Å². The van der Waals surface area contributed by atoms with Crippen molar-refractivity contribution >= 4 is 11.8 Å². The number of rotatable bonds is 2. The highest BCUT2D eigenvalue weighted by atomic mass is 16.5. The van der Waals surface area contributed by atoms with Crippen LogP contribution in [0.5, 0.6) is 0 Å². The average molecular weight is 359 g/mol. The van der Waals surface area contributed by atoms with Crippen LogP contribution in [0, 0.1) is 0 Å². The van der Waals surface area contributed by atoms with Gasteiger partial charge in [0.15, 0.2) is 6.10 Å². The zero-order valence-electron chi connectivity index (χ0n) is 14.8. The van der Waals surface area contributed by atoms with Crippen LogP contribution in [0.1, 0.15) is 29.2 Å². The van der Waals surface area contributed by atoms with Gasteiger partial charge < -0.3 is 23.6 Å². The fourth-order valence-corrected chi connectivity index (χ4v) is 3.71. The highest BCUT2D eigenvalue weighted by Crippen LogP contribution is 2.40. The summed E-state index contributed by atoms with van der Waals surface area (Å²) in [6.07, 6.45) is 5.65. The zero-order valence-corrected chi connectivity index (χ0v) is 14.8. The van der Waals surface area contributed by atoms with Crippen molar-refractivity contribution in [3.05, 3.63) is 36.2 Å². The SMILES string of the molecule is CN(C)C(=O)[C@@H]1Cn2ccnc2C2(CCN(C(=O)c3ccno3)CC2)O1. The second-order valence-corrected chi connectivity index (χ2v) is 6.91. The van der Waals surface area contributed by atoms with Crippen molar-refractivity contribution in [2.45, 2.75) is 31.1 Å². The molecule has 138 valence electrons. The maximum atomic E-state index is 12.5. The molecule has 26 heavy (non-hydrogen) atoms. The van der Waals surface area contributed by atoms with E-state index in [-0.39, 0.29) is 17.6 Å². The van der Waals surface area contributed by atoms with E-state index in [0.717, 1.165) is 5.82 Å². The minimum Gasteiger partial charge on any atom is -0.352 e. The lowest BCUT2D eigenvalue weighted by atomic mass is 9.88. The van der Waals surface area contributed by atoms with Crippen LogP contribution in [0.25, 0.3) is 0 Å². The maximum Gasteiger partial charge on any atom is 0.292 e. The standard InChI is InChI=1S/C17H21N5O4/c1-20(2)14(23)13-11-22-10-7-18-16(22)17(25-13)4-8-21(9-5-17)15(24)12-3-6-19-26-12/h3,6-7,10,13H,4-5,8-9,11H2,1-2H3/t13-/m0/s1. The number of aromatic nitrogens is 3. The molecule has 2 amide bonds. The Morgan fingerprint density at radius 2 is 2.04 bits per heavy atom. The maximum absolute atomic E-state index is 12.5. The first kappa shape index (κ1) is 16.8. The van der Waals surface area contributed by atoms with Crippen molar-refractivity contribution in [2.24, 2.45) is 0 Å². The summed E-state index contributed by atoms with van der Waals surface area (Å²) in [6.45, 7) is 1.44. The molecule has 0 radical (unpaired) electrons. The Labute approximate surface area is 150 Å². The summed E-state index contributed by atoms with van der Waals surface area (Å²) in [6, 6.07) is 1.56. The first-order chi connectivity index (χ1) is 12.5. The molecule has 1 atom stereocenters. The minimum absolute atomic E-state index is 0.0658. The van der Waals surface area contributed by atoms with Gasteiger partial charge in [-0.3, -0.25) is 9.59 Å². The first-order valence-corrected chi connectivity index (χ1v) is 8.61. The van der Waals surface area contributed by atoms with Crippen LogP contribution in [0.2, 0.25) is 0 Å². The largest absolute Gasteiger partial charge is 0.352 e. The monoisotopic (exact) mass is 359 g/mol. The Morgan fingerprint density at radius 3 is 2.69 bits per heavy atom. The number of hydrogen-bond acceptors (Lipinski definition) is 6. The van der Waals surface area contributed by atoms with Gasteiger partial charge in [-0.25, -0.2) is 4.98 Å². The fraction of sp³-hybridized carbons (Fsp3) is 0.529. The van der Waals surface area contributed by atoms with E-state index >= 15 is 0 Å². The molecule has 0 N–H and O–H groups in total. The Hall–Kier alpha value is -2.68. The number of likely N-dealkylation sites (N-methyl/N-ethyl adjacent to an activating group) is 1. The lowest BCUT2D eigenvalue weighted by Gasteiger charge is -2.45. The molecule has 1 spiro atoms. The second kappa shape index (κ2) is 6.24. The molecule has 0 saturated carbocycles. The number of likely N-dealkylation sites (tertiary alicyclic amines) is 1. The van der Waals surface area contributed by atoms with Crippen LogP contribution in [-0.4, -0.2) is 69.6 Å². The normalized spacial score (nSPS) is 21.5. The fourth-order valence-electron chi connectivity index (χ4n) is 3.71. The first-order valence-electron chi connectivity index (χ1n) is 8.61. The number of piperidine rings is 1. The van der Waals surface area contributed by atoms with E-state index in [1.807, 2.05) is 10.8 Å². The molecule has 0 bridgehead atoms. The predicted octanol–water partition coefficient (Wildman–Crippen LogP) is 0.490. The lowest BCUT2D eigenvalue weighted by molar-refractivity contribution is -0.178. The number of carbonyl (C=O) groups is 2. The third kappa shape index (κ3) is 2.68. The van der Waals surface area contributed by atoms with Crippen molar-refractivity contribution in [1.29, 1.82) is 0 Å². The molecule has 4 rings (SSSR count). The van der Waals surface area contributed by atoms with Crippen molar-refractivity contribution < 1.29 is 18.8 Å². The zero-order chi connectivity index (χ0) is 18.3. The van der Waals surface area contributed by atoms with Gasteiger partial charge in [-0.05, 0) is 0 Å². The molecule has 9 nitrogen and oxygen atoms in total. The van der Waals surface area contributed by atoms with Gasteiger partial charge in [0.25, 0.3) is 11.8 Å². The number of hydrogen-bond donors (Lipinski definition) is 0. The van der Waals surface area contributed by atoms with Gasteiger partial charge in [0.05, 0.1) is 12.7 Å². The second-order valence-electron chi connectivity index (χ2n) is 6.91. The Bertz CT molecular complexity index is 805. The average Bonchev–Trinajstić information content (AvgIpc) is 3.33. The molecular formula is C17H21N5O4. The highest BCUT2D eigenvalue weighted by Gasteiger charge is 2.48.